The fourth-order valence-corrected chi connectivity index (χ4v) is 3.06. The fraction of sp³-hybridized carbons (Fsp3) is 0.462. The maximum Gasteiger partial charge on any atom is 0.314 e. The average molecular weight is 237 g/mol. The number of carbonyl (C=O) groups is 1. The molecular weight excluding hydrogens is 224 g/mol. The number of halogens is 1. The molecule has 1 N–H and O–H groups in total. The van der Waals surface area contributed by atoms with Crippen molar-refractivity contribution >= 4 is 17.6 Å². The molecule has 0 bridgehead atoms. The van der Waals surface area contributed by atoms with E-state index < -0.39 is 11.4 Å². The zero-order chi connectivity index (χ0) is 11.3. The van der Waals surface area contributed by atoms with Crippen molar-refractivity contribution in [1.82, 2.24) is 0 Å². The van der Waals surface area contributed by atoms with Crippen LogP contribution in [0.4, 0.5) is 0 Å². The van der Waals surface area contributed by atoms with Gasteiger partial charge in [0.05, 0.1) is 5.41 Å². The fourth-order valence-electron chi connectivity index (χ4n) is 2.82. The standard InChI is InChI=1S/C13H13ClO2/c14-9-6-8-2-1-3-10(8)11(7-9)13(4-5-13)12(15)16/h6-7H,1-5H2,(H,15,16). The minimum Gasteiger partial charge on any atom is -0.481 e. The molecule has 0 heterocycles. The van der Waals surface area contributed by atoms with Crippen LogP contribution in [0.25, 0.3) is 0 Å². The number of fused-ring (bicyclic) bond motifs is 1. The molecule has 0 spiro atoms. The van der Waals surface area contributed by atoms with E-state index in [1.54, 1.807) is 0 Å². The van der Waals surface area contributed by atoms with E-state index in [9.17, 15) is 9.90 Å². The molecule has 2 aliphatic carbocycles. The number of aryl methyl sites for hydroxylation is 1. The molecule has 0 atom stereocenters. The van der Waals surface area contributed by atoms with Gasteiger partial charge in [-0.1, -0.05) is 11.6 Å². The third kappa shape index (κ3) is 1.29. The van der Waals surface area contributed by atoms with E-state index in [1.807, 2.05) is 12.1 Å². The molecule has 0 aliphatic heterocycles. The van der Waals surface area contributed by atoms with Gasteiger partial charge in [0.2, 0.25) is 0 Å². The molecule has 1 fully saturated rings. The first-order valence-electron chi connectivity index (χ1n) is 5.69. The quantitative estimate of drug-likeness (QED) is 0.857. The van der Waals surface area contributed by atoms with Crippen molar-refractivity contribution in [2.24, 2.45) is 0 Å². The summed E-state index contributed by atoms with van der Waals surface area (Å²) < 4.78 is 0. The van der Waals surface area contributed by atoms with Gasteiger partial charge < -0.3 is 5.11 Å². The van der Waals surface area contributed by atoms with Crippen LogP contribution in [0.2, 0.25) is 5.02 Å². The van der Waals surface area contributed by atoms with Gasteiger partial charge in [-0.2, -0.15) is 0 Å². The Balaban J connectivity index is 2.18. The second kappa shape index (κ2) is 3.24. The van der Waals surface area contributed by atoms with Crippen molar-refractivity contribution < 1.29 is 9.90 Å². The van der Waals surface area contributed by atoms with Gasteiger partial charge in [-0.3, -0.25) is 4.79 Å². The monoisotopic (exact) mass is 236 g/mol. The van der Waals surface area contributed by atoms with Gasteiger partial charge in [0.1, 0.15) is 0 Å². The Labute approximate surface area is 99.2 Å². The minimum atomic E-state index is -0.691. The Bertz CT molecular complexity index is 475. The van der Waals surface area contributed by atoms with E-state index in [-0.39, 0.29) is 0 Å². The molecule has 0 aromatic heterocycles. The molecular formula is C13H13ClO2. The second-order valence-corrected chi connectivity index (χ2v) is 5.27. The Morgan fingerprint density at radius 3 is 2.69 bits per heavy atom. The summed E-state index contributed by atoms with van der Waals surface area (Å²) in [6.45, 7) is 0. The Hall–Kier alpha value is -1.02. The zero-order valence-corrected chi connectivity index (χ0v) is 9.68. The molecule has 1 saturated carbocycles. The first kappa shape index (κ1) is 10.2. The molecule has 0 amide bonds. The molecule has 0 saturated heterocycles. The topological polar surface area (TPSA) is 37.3 Å². The van der Waals surface area contributed by atoms with Crippen LogP contribution >= 0.6 is 11.6 Å². The van der Waals surface area contributed by atoms with Crippen molar-refractivity contribution in [3.63, 3.8) is 0 Å². The van der Waals surface area contributed by atoms with Gasteiger partial charge in [0, 0.05) is 5.02 Å². The number of hydrogen-bond acceptors (Lipinski definition) is 1. The summed E-state index contributed by atoms with van der Waals surface area (Å²) in [6.07, 6.45) is 4.69. The summed E-state index contributed by atoms with van der Waals surface area (Å²) in [5, 5.41) is 10.0. The smallest absolute Gasteiger partial charge is 0.314 e. The molecule has 3 heteroatoms. The van der Waals surface area contributed by atoms with Crippen molar-refractivity contribution in [2.45, 2.75) is 37.5 Å². The third-order valence-electron chi connectivity index (χ3n) is 3.85. The normalized spacial score (nSPS) is 20.6. The van der Waals surface area contributed by atoms with Gasteiger partial charge in [0.15, 0.2) is 0 Å². The van der Waals surface area contributed by atoms with Gasteiger partial charge in [-0.25, -0.2) is 0 Å². The number of benzene rings is 1. The summed E-state index contributed by atoms with van der Waals surface area (Å²) >= 11 is 6.07. The first-order chi connectivity index (χ1) is 7.63. The van der Waals surface area contributed by atoms with Crippen LogP contribution in [0.3, 0.4) is 0 Å². The van der Waals surface area contributed by atoms with Crippen molar-refractivity contribution in [3.05, 3.63) is 33.8 Å². The van der Waals surface area contributed by atoms with Gasteiger partial charge >= 0.3 is 5.97 Å². The van der Waals surface area contributed by atoms with Crippen LogP contribution in [0.5, 0.6) is 0 Å². The molecule has 0 unspecified atom stereocenters. The Kier molecular flexibility index (Phi) is 2.05. The van der Waals surface area contributed by atoms with E-state index in [0.717, 1.165) is 37.7 Å². The lowest BCUT2D eigenvalue weighted by atomic mass is 9.89. The zero-order valence-electron chi connectivity index (χ0n) is 8.92. The van der Waals surface area contributed by atoms with Crippen molar-refractivity contribution in [1.29, 1.82) is 0 Å². The lowest BCUT2D eigenvalue weighted by Gasteiger charge is -2.15. The van der Waals surface area contributed by atoms with E-state index >= 15 is 0 Å². The van der Waals surface area contributed by atoms with Crippen LogP contribution in [-0.2, 0) is 23.1 Å². The van der Waals surface area contributed by atoms with E-state index in [4.69, 9.17) is 11.6 Å². The highest BCUT2D eigenvalue weighted by atomic mass is 35.5. The highest BCUT2D eigenvalue weighted by Gasteiger charge is 2.53. The van der Waals surface area contributed by atoms with Gasteiger partial charge in [0.25, 0.3) is 0 Å². The summed E-state index contributed by atoms with van der Waals surface area (Å²) in [6, 6.07) is 3.86. The molecule has 84 valence electrons. The predicted molar refractivity (Wildman–Crippen MR) is 62.0 cm³/mol. The minimum absolute atomic E-state index is 0.612. The summed E-state index contributed by atoms with van der Waals surface area (Å²) in [4.78, 5) is 11.4. The average Bonchev–Trinajstić information content (AvgIpc) is 2.91. The molecule has 1 aromatic carbocycles. The molecule has 2 nitrogen and oxygen atoms in total. The number of carboxylic acid groups (broad SMARTS) is 1. The van der Waals surface area contributed by atoms with Crippen LogP contribution in [0.15, 0.2) is 12.1 Å². The maximum atomic E-state index is 11.4. The molecule has 1 aromatic rings. The van der Waals surface area contributed by atoms with Crippen molar-refractivity contribution in [2.75, 3.05) is 0 Å². The summed E-state index contributed by atoms with van der Waals surface area (Å²) in [7, 11) is 0. The van der Waals surface area contributed by atoms with Crippen LogP contribution in [-0.4, -0.2) is 11.1 Å². The van der Waals surface area contributed by atoms with Crippen LogP contribution < -0.4 is 0 Å². The SMILES string of the molecule is O=C(O)C1(c2cc(Cl)cc3c2CCC3)CC1. The maximum absolute atomic E-state index is 11.4. The molecule has 2 aliphatic rings. The van der Waals surface area contributed by atoms with Crippen LogP contribution in [0, 0.1) is 0 Å². The summed E-state index contributed by atoms with van der Waals surface area (Å²) in [5.41, 5.74) is 2.89. The van der Waals surface area contributed by atoms with Gasteiger partial charge in [-0.15, -0.1) is 0 Å². The highest BCUT2D eigenvalue weighted by molar-refractivity contribution is 6.30. The second-order valence-electron chi connectivity index (χ2n) is 4.83. The molecule has 0 radical (unpaired) electrons. The highest BCUT2D eigenvalue weighted by Crippen LogP contribution is 2.51. The Morgan fingerprint density at radius 2 is 2.06 bits per heavy atom. The lowest BCUT2D eigenvalue weighted by Crippen LogP contribution is -2.21. The number of carboxylic acids is 1. The van der Waals surface area contributed by atoms with Crippen molar-refractivity contribution in [3.8, 4) is 0 Å². The number of aliphatic carboxylic acids is 1. The lowest BCUT2D eigenvalue weighted by molar-refractivity contribution is -0.140. The number of rotatable bonds is 2. The van der Waals surface area contributed by atoms with E-state index in [2.05, 4.69) is 0 Å². The molecule has 16 heavy (non-hydrogen) atoms. The van der Waals surface area contributed by atoms with E-state index in [0.29, 0.717) is 5.02 Å². The third-order valence-corrected chi connectivity index (χ3v) is 4.07. The largest absolute Gasteiger partial charge is 0.481 e. The van der Waals surface area contributed by atoms with E-state index in [1.165, 1.54) is 11.1 Å². The first-order valence-corrected chi connectivity index (χ1v) is 6.06. The van der Waals surface area contributed by atoms with Gasteiger partial charge in [-0.05, 0) is 60.9 Å². The Morgan fingerprint density at radius 1 is 1.31 bits per heavy atom. The van der Waals surface area contributed by atoms with Crippen LogP contribution in [0.1, 0.15) is 36.0 Å². The molecule has 3 rings (SSSR count). The number of hydrogen-bond donors (Lipinski definition) is 1. The summed E-state index contributed by atoms with van der Waals surface area (Å²) in [5.74, 6) is -0.691. The predicted octanol–water partition coefficient (Wildman–Crippen LogP) is 2.94.